The molecule has 0 spiro atoms. The standard InChI is InChI=1S/C19H28N2O3/c1-13-11-14(8-9-20-13)19(22)21-10-4-5-17(21)16-7-6-15(23-2)12-18(16)24-3/h6-7,12-14,17,20H,4-5,8-11H2,1-3H3/t13-,14-,17?/m0/s1. The minimum Gasteiger partial charge on any atom is -0.497 e. The van der Waals surface area contributed by atoms with E-state index in [0.29, 0.717) is 11.9 Å². The van der Waals surface area contributed by atoms with E-state index in [-0.39, 0.29) is 12.0 Å². The zero-order valence-electron chi connectivity index (χ0n) is 14.9. The number of hydrogen-bond donors (Lipinski definition) is 1. The molecular weight excluding hydrogens is 304 g/mol. The molecule has 5 heteroatoms. The fourth-order valence-corrected chi connectivity index (χ4v) is 4.04. The van der Waals surface area contributed by atoms with Gasteiger partial charge >= 0.3 is 0 Å². The quantitative estimate of drug-likeness (QED) is 0.921. The molecular formula is C19H28N2O3. The van der Waals surface area contributed by atoms with Gasteiger partial charge in [0.25, 0.3) is 0 Å². The fraction of sp³-hybridized carbons (Fsp3) is 0.632. The molecule has 5 nitrogen and oxygen atoms in total. The fourth-order valence-electron chi connectivity index (χ4n) is 4.04. The summed E-state index contributed by atoms with van der Waals surface area (Å²) in [6, 6.07) is 6.43. The van der Waals surface area contributed by atoms with Crippen LogP contribution in [0.2, 0.25) is 0 Å². The lowest BCUT2D eigenvalue weighted by Crippen LogP contribution is -2.44. The Kier molecular flexibility index (Phi) is 5.29. The number of carbonyl (C=O) groups is 1. The molecule has 0 bridgehead atoms. The van der Waals surface area contributed by atoms with Crippen molar-refractivity contribution in [2.24, 2.45) is 5.92 Å². The van der Waals surface area contributed by atoms with Crippen LogP contribution in [-0.2, 0) is 4.79 Å². The maximum atomic E-state index is 13.1. The zero-order chi connectivity index (χ0) is 17.1. The summed E-state index contributed by atoms with van der Waals surface area (Å²) >= 11 is 0. The van der Waals surface area contributed by atoms with Crippen molar-refractivity contribution in [3.63, 3.8) is 0 Å². The van der Waals surface area contributed by atoms with Crippen LogP contribution in [0.1, 0.15) is 44.2 Å². The molecule has 0 radical (unpaired) electrons. The summed E-state index contributed by atoms with van der Waals surface area (Å²) in [6.07, 6.45) is 3.91. The summed E-state index contributed by atoms with van der Waals surface area (Å²) in [5, 5.41) is 3.43. The van der Waals surface area contributed by atoms with E-state index in [1.807, 2.05) is 18.2 Å². The van der Waals surface area contributed by atoms with Crippen LogP contribution in [0.4, 0.5) is 0 Å². The van der Waals surface area contributed by atoms with E-state index in [1.54, 1.807) is 14.2 Å². The van der Waals surface area contributed by atoms with Crippen molar-refractivity contribution in [1.29, 1.82) is 0 Å². The summed E-state index contributed by atoms with van der Waals surface area (Å²) in [5.41, 5.74) is 1.09. The molecule has 0 aromatic heterocycles. The van der Waals surface area contributed by atoms with E-state index < -0.39 is 0 Å². The Labute approximate surface area is 144 Å². The summed E-state index contributed by atoms with van der Waals surface area (Å²) in [4.78, 5) is 15.2. The molecule has 2 aliphatic heterocycles. The number of hydrogen-bond acceptors (Lipinski definition) is 4. The van der Waals surface area contributed by atoms with E-state index >= 15 is 0 Å². The van der Waals surface area contributed by atoms with Crippen molar-refractivity contribution in [2.45, 2.75) is 44.7 Å². The number of piperidine rings is 1. The van der Waals surface area contributed by atoms with E-state index in [1.165, 1.54) is 0 Å². The first-order chi connectivity index (χ1) is 11.6. The van der Waals surface area contributed by atoms with Gasteiger partial charge in [-0.15, -0.1) is 0 Å². The van der Waals surface area contributed by atoms with E-state index in [2.05, 4.69) is 17.1 Å². The van der Waals surface area contributed by atoms with Gasteiger partial charge in [0, 0.05) is 30.1 Å². The van der Waals surface area contributed by atoms with Crippen LogP contribution in [0.3, 0.4) is 0 Å². The molecule has 3 rings (SSSR count). The molecule has 2 heterocycles. The Morgan fingerprint density at radius 3 is 2.79 bits per heavy atom. The first-order valence-electron chi connectivity index (χ1n) is 8.89. The lowest BCUT2D eigenvalue weighted by atomic mass is 9.91. The summed E-state index contributed by atoms with van der Waals surface area (Å²) in [6.45, 7) is 3.94. The lowest BCUT2D eigenvalue weighted by Gasteiger charge is -2.33. The highest BCUT2D eigenvalue weighted by Crippen LogP contribution is 2.40. The predicted octanol–water partition coefficient (Wildman–Crippen LogP) is 2.76. The SMILES string of the molecule is COc1ccc(C2CCCN2C(=O)[C@H]2CCN[C@@H](C)C2)c(OC)c1. The van der Waals surface area contributed by atoms with Crippen LogP contribution in [0.25, 0.3) is 0 Å². The first kappa shape index (κ1) is 17.1. The van der Waals surface area contributed by atoms with Crippen LogP contribution in [0.15, 0.2) is 18.2 Å². The van der Waals surface area contributed by atoms with Gasteiger partial charge in [0.15, 0.2) is 0 Å². The van der Waals surface area contributed by atoms with Gasteiger partial charge in [0.2, 0.25) is 5.91 Å². The third-order valence-corrected chi connectivity index (χ3v) is 5.31. The van der Waals surface area contributed by atoms with Gasteiger partial charge in [0.05, 0.1) is 20.3 Å². The minimum absolute atomic E-state index is 0.114. The van der Waals surface area contributed by atoms with Gasteiger partial charge in [-0.3, -0.25) is 4.79 Å². The molecule has 132 valence electrons. The Bertz CT molecular complexity index is 590. The van der Waals surface area contributed by atoms with Gasteiger partial charge in [0.1, 0.15) is 11.5 Å². The number of carbonyl (C=O) groups excluding carboxylic acids is 1. The Hall–Kier alpha value is -1.75. The summed E-state index contributed by atoms with van der Waals surface area (Å²) in [7, 11) is 3.33. The molecule has 2 aliphatic rings. The van der Waals surface area contributed by atoms with Crippen molar-refractivity contribution < 1.29 is 14.3 Å². The molecule has 1 N–H and O–H groups in total. The van der Waals surface area contributed by atoms with Crippen molar-refractivity contribution in [3.05, 3.63) is 23.8 Å². The number of amides is 1. The second kappa shape index (κ2) is 7.43. The minimum atomic E-state index is 0.114. The third kappa shape index (κ3) is 3.36. The van der Waals surface area contributed by atoms with Crippen LogP contribution in [0, 0.1) is 5.92 Å². The van der Waals surface area contributed by atoms with Crippen LogP contribution < -0.4 is 14.8 Å². The molecule has 0 aliphatic carbocycles. The predicted molar refractivity (Wildman–Crippen MR) is 93.4 cm³/mol. The smallest absolute Gasteiger partial charge is 0.226 e. The van der Waals surface area contributed by atoms with Gasteiger partial charge in [-0.1, -0.05) is 0 Å². The third-order valence-electron chi connectivity index (χ3n) is 5.31. The van der Waals surface area contributed by atoms with E-state index in [9.17, 15) is 4.79 Å². The number of ether oxygens (including phenoxy) is 2. The van der Waals surface area contributed by atoms with Gasteiger partial charge in [-0.25, -0.2) is 0 Å². The lowest BCUT2D eigenvalue weighted by molar-refractivity contribution is -0.137. The maximum absolute atomic E-state index is 13.1. The van der Waals surface area contributed by atoms with Gasteiger partial charge in [-0.2, -0.15) is 0 Å². The Balaban J connectivity index is 1.81. The molecule has 1 aromatic carbocycles. The Morgan fingerprint density at radius 2 is 2.08 bits per heavy atom. The topological polar surface area (TPSA) is 50.8 Å². The number of likely N-dealkylation sites (tertiary alicyclic amines) is 1. The van der Waals surface area contributed by atoms with E-state index in [4.69, 9.17) is 9.47 Å². The molecule has 1 unspecified atom stereocenters. The van der Waals surface area contributed by atoms with Crippen LogP contribution in [-0.4, -0.2) is 44.2 Å². The monoisotopic (exact) mass is 332 g/mol. The number of benzene rings is 1. The first-order valence-corrected chi connectivity index (χ1v) is 8.89. The van der Waals surface area contributed by atoms with Crippen LogP contribution in [0.5, 0.6) is 11.5 Å². The van der Waals surface area contributed by atoms with Crippen molar-refractivity contribution in [3.8, 4) is 11.5 Å². The average molecular weight is 332 g/mol. The van der Waals surface area contributed by atoms with E-state index in [0.717, 1.165) is 55.8 Å². The van der Waals surface area contributed by atoms with Crippen molar-refractivity contribution >= 4 is 5.91 Å². The Morgan fingerprint density at radius 1 is 1.25 bits per heavy atom. The average Bonchev–Trinajstić information content (AvgIpc) is 3.09. The second-order valence-corrected chi connectivity index (χ2v) is 6.87. The zero-order valence-corrected chi connectivity index (χ0v) is 14.9. The summed E-state index contributed by atoms with van der Waals surface area (Å²) in [5.74, 6) is 2.03. The largest absolute Gasteiger partial charge is 0.497 e. The molecule has 0 saturated carbocycles. The highest BCUT2D eigenvalue weighted by molar-refractivity contribution is 5.80. The molecule has 3 atom stereocenters. The molecule has 1 amide bonds. The van der Waals surface area contributed by atoms with Crippen molar-refractivity contribution in [1.82, 2.24) is 10.2 Å². The highest BCUT2D eigenvalue weighted by atomic mass is 16.5. The number of methoxy groups -OCH3 is 2. The normalized spacial score (nSPS) is 27.1. The number of rotatable bonds is 4. The number of nitrogens with zero attached hydrogens (tertiary/aromatic N) is 1. The van der Waals surface area contributed by atoms with Gasteiger partial charge in [-0.05, 0) is 51.3 Å². The molecule has 2 saturated heterocycles. The molecule has 24 heavy (non-hydrogen) atoms. The highest BCUT2D eigenvalue weighted by Gasteiger charge is 2.36. The molecule has 2 fully saturated rings. The maximum Gasteiger partial charge on any atom is 0.226 e. The molecule has 1 aromatic rings. The summed E-state index contributed by atoms with van der Waals surface area (Å²) < 4.78 is 10.9. The number of nitrogens with one attached hydrogen (secondary N) is 1. The second-order valence-electron chi connectivity index (χ2n) is 6.87. The van der Waals surface area contributed by atoms with Crippen LogP contribution >= 0.6 is 0 Å². The van der Waals surface area contributed by atoms with Crippen molar-refractivity contribution in [2.75, 3.05) is 27.3 Å². The van der Waals surface area contributed by atoms with Gasteiger partial charge < -0.3 is 19.7 Å².